The Bertz CT molecular complexity index is 1520. The number of nitrogens with one attached hydrogen (secondary N) is 1. The molecule has 0 spiro atoms. The van der Waals surface area contributed by atoms with E-state index >= 15 is 0 Å². The zero-order valence-corrected chi connectivity index (χ0v) is 19.8. The standard InChI is InChI=1S/C28H25N5O2/c1-15-11-31-33(13-15)14-18-4-6-20-22(9-18)27-23-10-19(5-7-21(23)26(20)35-27)28(34)30-12-24-16(2)8-25(29)32-17(24)3/h5,7-11,13,26-27H,12,14H2,1-3H3,(H2,29,32)(H,30,34)/t26-,27+/m0/s1. The molecule has 3 aromatic rings. The number of nitrogens with two attached hydrogens (primary N) is 1. The SMILES string of the molecule is Cc1cnn(CC2=C=C=C3C(=C2)[C@H]2O[C@@H]3c3ccc(C(=O)NCc4c(C)cc(N)nc4C)cc32)c1. The number of aromatic nitrogens is 3. The molecule has 3 aliphatic rings. The molecule has 7 heteroatoms. The third-order valence-corrected chi connectivity index (χ3v) is 6.82. The quantitative estimate of drug-likeness (QED) is 0.556. The third kappa shape index (κ3) is 3.63. The van der Waals surface area contributed by atoms with E-state index in [1.165, 1.54) is 0 Å². The van der Waals surface area contributed by atoms with E-state index in [1.54, 1.807) is 0 Å². The molecule has 2 atom stereocenters. The molecule has 1 aliphatic carbocycles. The Labute approximate surface area is 203 Å². The molecule has 1 saturated heterocycles. The minimum atomic E-state index is -0.201. The van der Waals surface area contributed by atoms with Gasteiger partial charge in [-0.25, -0.2) is 4.98 Å². The van der Waals surface area contributed by atoms with Gasteiger partial charge in [-0.2, -0.15) is 5.10 Å². The van der Waals surface area contributed by atoms with Gasteiger partial charge in [-0.3, -0.25) is 9.48 Å². The van der Waals surface area contributed by atoms with E-state index < -0.39 is 0 Å². The Morgan fingerprint density at radius 1 is 1.17 bits per heavy atom. The van der Waals surface area contributed by atoms with Crippen LogP contribution in [0.1, 0.15) is 56.1 Å². The van der Waals surface area contributed by atoms with Crippen molar-refractivity contribution < 1.29 is 9.53 Å². The maximum absolute atomic E-state index is 13.0. The van der Waals surface area contributed by atoms with Crippen LogP contribution in [0.3, 0.4) is 0 Å². The van der Waals surface area contributed by atoms with Crippen molar-refractivity contribution in [2.24, 2.45) is 0 Å². The summed E-state index contributed by atoms with van der Waals surface area (Å²) in [5, 5.41) is 7.40. The zero-order chi connectivity index (χ0) is 24.3. The smallest absolute Gasteiger partial charge is 0.251 e. The second-order valence-corrected chi connectivity index (χ2v) is 9.35. The number of nitrogen functional groups attached to an aromatic ring is 1. The fourth-order valence-electron chi connectivity index (χ4n) is 5.12. The van der Waals surface area contributed by atoms with E-state index in [1.807, 2.05) is 62.1 Å². The molecular weight excluding hydrogens is 438 g/mol. The molecule has 1 amide bonds. The summed E-state index contributed by atoms with van der Waals surface area (Å²) in [6.45, 7) is 6.93. The van der Waals surface area contributed by atoms with Gasteiger partial charge in [0.2, 0.25) is 0 Å². The lowest BCUT2D eigenvalue weighted by molar-refractivity contribution is 0.0902. The van der Waals surface area contributed by atoms with Crippen LogP contribution in [-0.4, -0.2) is 20.7 Å². The van der Waals surface area contributed by atoms with Gasteiger partial charge in [0.1, 0.15) is 18.0 Å². The van der Waals surface area contributed by atoms with Crippen molar-refractivity contribution in [2.45, 2.75) is 46.1 Å². The van der Waals surface area contributed by atoms with Crippen molar-refractivity contribution in [2.75, 3.05) is 5.73 Å². The second kappa shape index (κ2) is 7.97. The number of amides is 1. The number of hydrogen-bond donors (Lipinski definition) is 2. The fourth-order valence-corrected chi connectivity index (χ4v) is 5.12. The number of ether oxygens (including phenoxy) is 1. The van der Waals surface area contributed by atoms with Crippen LogP contribution in [0.25, 0.3) is 0 Å². The highest BCUT2D eigenvalue weighted by atomic mass is 16.5. The van der Waals surface area contributed by atoms with Crippen LogP contribution in [0.15, 0.2) is 70.9 Å². The molecule has 174 valence electrons. The van der Waals surface area contributed by atoms with Gasteiger partial charge in [0.15, 0.2) is 0 Å². The number of benzene rings is 1. The summed E-state index contributed by atoms with van der Waals surface area (Å²) < 4.78 is 8.20. The first-order valence-electron chi connectivity index (χ1n) is 11.6. The molecule has 4 heterocycles. The molecule has 0 radical (unpaired) electrons. The van der Waals surface area contributed by atoms with Crippen LogP contribution in [0.2, 0.25) is 0 Å². The number of fused-ring (bicyclic) bond motifs is 8. The molecule has 2 aliphatic heterocycles. The van der Waals surface area contributed by atoms with Crippen LogP contribution < -0.4 is 11.1 Å². The lowest BCUT2D eigenvalue weighted by atomic mass is 9.82. The van der Waals surface area contributed by atoms with Crippen molar-refractivity contribution in [1.29, 1.82) is 0 Å². The van der Waals surface area contributed by atoms with Crippen molar-refractivity contribution in [1.82, 2.24) is 20.1 Å². The molecule has 7 nitrogen and oxygen atoms in total. The van der Waals surface area contributed by atoms with Crippen LogP contribution in [0, 0.1) is 20.8 Å². The average Bonchev–Trinajstić information content (AvgIpc) is 3.51. The molecule has 6 rings (SSSR count). The first kappa shape index (κ1) is 21.4. The number of allylic oxidation sites excluding steroid dienone is 2. The predicted octanol–water partition coefficient (Wildman–Crippen LogP) is 4.09. The summed E-state index contributed by atoms with van der Waals surface area (Å²) in [7, 11) is 0. The maximum atomic E-state index is 13.0. The zero-order valence-electron chi connectivity index (χ0n) is 19.8. The summed E-state index contributed by atoms with van der Waals surface area (Å²) in [6.07, 6.45) is 5.62. The molecule has 35 heavy (non-hydrogen) atoms. The average molecular weight is 464 g/mol. The number of carbonyl (C=O) groups is 1. The van der Waals surface area contributed by atoms with E-state index in [0.29, 0.717) is 24.5 Å². The van der Waals surface area contributed by atoms with Crippen LogP contribution in [-0.2, 0) is 17.8 Å². The molecule has 2 bridgehead atoms. The van der Waals surface area contributed by atoms with Crippen molar-refractivity contribution in [3.63, 3.8) is 0 Å². The van der Waals surface area contributed by atoms with E-state index in [9.17, 15) is 4.79 Å². The molecule has 3 N–H and O–H groups in total. The largest absolute Gasteiger partial charge is 0.384 e. The minimum Gasteiger partial charge on any atom is -0.384 e. The molecule has 2 aromatic heterocycles. The van der Waals surface area contributed by atoms with Gasteiger partial charge in [-0.15, -0.1) is 0 Å². The van der Waals surface area contributed by atoms with Gasteiger partial charge < -0.3 is 15.8 Å². The van der Waals surface area contributed by atoms with E-state index in [-0.39, 0.29) is 18.1 Å². The molecule has 0 saturated carbocycles. The predicted molar refractivity (Wildman–Crippen MR) is 131 cm³/mol. The Hall–Kier alpha value is -4.15. The van der Waals surface area contributed by atoms with Crippen molar-refractivity contribution >= 4 is 11.7 Å². The summed E-state index contributed by atoms with van der Waals surface area (Å²) in [4.78, 5) is 17.3. The van der Waals surface area contributed by atoms with E-state index in [0.717, 1.165) is 50.2 Å². The molecule has 0 unspecified atom stereocenters. The van der Waals surface area contributed by atoms with Gasteiger partial charge in [0, 0.05) is 40.7 Å². The number of hydrogen-bond acceptors (Lipinski definition) is 5. The fraction of sp³-hybridized carbons (Fsp3) is 0.250. The molecule has 1 aromatic carbocycles. The summed E-state index contributed by atoms with van der Waals surface area (Å²) in [5.74, 6) is 0.357. The first-order valence-corrected chi connectivity index (χ1v) is 11.6. The number of pyridine rings is 1. The van der Waals surface area contributed by atoms with Gasteiger partial charge in [0.05, 0.1) is 12.7 Å². The van der Waals surface area contributed by atoms with Crippen LogP contribution >= 0.6 is 0 Å². The molecular formula is C28H25N5O2. The number of anilines is 1. The summed E-state index contributed by atoms with van der Waals surface area (Å²) in [6, 6.07) is 7.63. The normalized spacial score (nSPS) is 19.1. The number of carbonyl (C=O) groups excluding carboxylic acids is 1. The van der Waals surface area contributed by atoms with Gasteiger partial charge >= 0.3 is 0 Å². The third-order valence-electron chi connectivity index (χ3n) is 6.82. The maximum Gasteiger partial charge on any atom is 0.251 e. The topological polar surface area (TPSA) is 95.1 Å². The monoisotopic (exact) mass is 463 g/mol. The lowest BCUT2D eigenvalue weighted by Crippen LogP contribution is -2.24. The van der Waals surface area contributed by atoms with Gasteiger partial charge in [0.25, 0.3) is 5.91 Å². The van der Waals surface area contributed by atoms with Gasteiger partial charge in [-0.1, -0.05) is 17.5 Å². The first-order chi connectivity index (χ1) is 16.9. The minimum absolute atomic E-state index is 0.130. The Morgan fingerprint density at radius 3 is 2.80 bits per heavy atom. The summed E-state index contributed by atoms with van der Waals surface area (Å²) in [5.41, 5.74) is 22.2. The number of nitrogens with zero attached hydrogens (tertiary/aromatic N) is 3. The Kier molecular flexibility index (Phi) is 4.87. The van der Waals surface area contributed by atoms with E-state index in [4.69, 9.17) is 10.5 Å². The van der Waals surface area contributed by atoms with E-state index in [2.05, 4.69) is 32.9 Å². The van der Waals surface area contributed by atoms with Crippen LogP contribution in [0.4, 0.5) is 5.82 Å². The number of rotatable bonds is 5. The Balaban J connectivity index is 1.23. The highest BCUT2D eigenvalue weighted by Crippen LogP contribution is 2.57. The molecule has 1 fully saturated rings. The highest BCUT2D eigenvalue weighted by Gasteiger charge is 2.46. The number of aryl methyl sites for hydroxylation is 3. The van der Waals surface area contributed by atoms with Crippen molar-refractivity contribution in [3.8, 4) is 0 Å². The van der Waals surface area contributed by atoms with Gasteiger partial charge in [-0.05, 0) is 72.9 Å². The van der Waals surface area contributed by atoms with Crippen LogP contribution in [0.5, 0.6) is 0 Å². The second-order valence-electron chi connectivity index (χ2n) is 9.35. The Morgan fingerprint density at radius 2 is 2.03 bits per heavy atom. The summed E-state index contributed by atoms with van der Waals surface area (Å²) >= 11 is 0. The lowest BCUT2D eigenvalue weighted by Gasteiger charge is -2.19. The van der Waals surface area contributed by atoms with Crippen molar-refractivity contribution in [3.05, 3.63) is 110 Å². The highest BCUT2D eigenvalue weighted by molar-refractivity contribution is 5.94.